The molecule has 164 valence electrons. The first-order chi connectivity index (χ1) is 15.3. The molecule has 0 N–H and O–H groups in total. The lowest BCUT2D eigenvalue weighted by Gasteiger charge is -2.21. The third kappa shape index (κ3) is 2.54. The summed E-state index contributed by atoms with van der Waals surface area (Å²) < 4.78 is 17.3. The standard InChI is InChI=1S/C23H21FN4O4/c1-25-17-6-3-4-7-18(17)28(22(25)32)11-5-10-27-16-9-8-14(24)12-15(16)23(21(27)31)13-19(29)26(2)20(23)30/h3-4,6-9,12H,5,10-11,13H2,1-2H3. The fraction of sp³-hybridized carbons (Fsp3) is 0.304. The van der Waals surface area contributed by atoms with E-state index in [-0.39, 0.29) is 24.2 Å². The van der Waals surface area contributed by atoms with Crippen molar-refractivity contribution in [3.05, 3.63) is 64.3 Å². The zero-order chi connectivity index (χ0) is 22.8. The normalized spacial score (nSPS) is 20.3. The van der Waals surface area contributed by atoms with Crippen molar-refractivity contribution in [2.75, 3.05) is 18.5 Å². The number of hydrogen-bond donors (Lipinski definition) is 0. The van der Waals surface area contributed by atoms with Gasteiger partial charge in [0.25, 0.3) is 0 Å². The first-order valence-corrected chi connectivity index (χ1v) is 10.3. The molecule has 3 aromatic rings. The predicted molar refractivity (Wildman–Crippen MR) is 115 cm³/mol. The second kappa shape index (κ2) is 6.88. The van der Waals surface area contributed by atoms with Gasteiger partial charge in [-0.15, -0.1) is 0 Å². The van der Waals surface area contributed by atoms with Gasteiger partial charge in [0.15, 0.2) is 5.41 Å². The SMILES string of the molecule is CN1C(=O)CC2(C1=O)C(=O)N(CCCn1c(=O)n(C)c3ccccc31)c1ccc(F)cc12. The zero-order valence-electron chi connectivity index (χ0n) is 17.7. The van der Waals surface area contributed by atoms with Crippen molar-refractivity contribution in [2.45, 2.75) is 24.8 Å². The number of nitrogens with zero attached hydrogens (tertiary/aromatic N) is 4. The molecule has 5 rings (SSSR count). The van der Waals surface area contributed by atoms with E-state index in [0.717, 1.165) is 15.9 Å². The highest BCUT2D eigenvalue weighted by Gasteiger charge is 2.62. The number of amides is 3. The molecular formula is C23H21FN4O4. The summed E-state index contributed by atoms with van der Waals surface area (Å²) in [6.45, 7) is 0.584. The summed E-state index contributed by atoms with van der Waals surface area (Å²) in [5, 5.41) is 0. The van der Waals surface area contributed by atoms with Crippen LogP contribution in [-0.4, -0.2) is 45.3 Å². The number of carbonyl (C=O) groups is 3. The van der Waals surface area contributed by atoms with Crippen molar-refractivity contribution < 1.29 is 18.8 Å². The number of benzene rings is 2. The van der Waals surface area contributed by atoms with Gasteiger partial charge in [-0.2, -0.15) is 0 Å². The lowest BCUT2D eigenvalue weighted by Crippen LogP contribution is -2.46. The van der Waals surface area contributed by atoms with Gasteiger partial charge in [-0.3, -0.25) is 28.4 Å². The molecule has 1 aromatic heterocycles. The van der Waals surface area contributed by atoms with E-state index in [0.29, 0.717) is 18.7 Å². The van der Waals surface area contributed by atoms with Crippen LogP contribution in [0.3, 0.4) is 0 Å². The lowest BCUT2D eigenvalue weighted by molar-refractivity contribution is -0.140. The molecule has 0 saturated carbocycles. The molecule has 0 radical (unpaired) electrons. The van der Waals surface area contributed by atoms with Gasteiger partial charge in [0, 0.05) is 38.4 Å². The Hall–Kier alpha value is -3.75. The number of fused-ring (bicyclic) bond motifs is 3. The highest BCUT2D eigenvalue weighted by molar-refractivity contribution is 6.28. The molecule has 3 amide bonds. The summed E-state index contributed by atoms with van der Waals surface area (Å²) in [6, 6.07) is 11.3. The van der Waals surface area contributed by atoms with Gasteiger partial charge < -0.3 is 4.90 Å². The van der Waals surface area contributed by atoms with Crippen LogP contribution in [0, 0.1) is 5.82 Å². The zero-order valence-corrected chi connectivity index (χ0v) is 17.7. The topological polar surface area (TPSA) is 84.6 Å². The maximum Gasteiger partial charge on any atom is 0.328 e. The maximum atomic E-state index is 14.1. The van der Waals surface area contributed by atoms with Gasteiger partial charge in [0.05, 0.1) is 17.5 Å². The van der Waals surface area contributed by atoms with Crippen LogP contribution < -0.4 is 10.6 Å². The van der Waals surface area contributed by atoms with Crippen molar-refractivity contribution in [1.29, 1.82) is 0 Å². The molecule has 0 bridgehead atoms. The third-order valence-corrected chi connectivity index (χ3v) is 6.59. The number of aryl methyl sites for hydroxylation is 2. The number of imide groups is 1. The molecular weight excluding hydrogens is 415 g/mol. The summed E-state index contributed by atoms with van der Waals surface area (Å²) in [5.74, 6) is -2.20. The number of aromatic nitrogens is 2. The average Bonchev–Trinajstić information content (AvgIpc) is 3.27. The fourth-order valence-corrected chi connectivity index (χ4v) is 4.93. The number of hydrogen-bond acceptors (Lipinski definition) is 4. The Morgan fingerprint density at radius 1 is 0.938 bits per heavy atom. The molecule has 2 aliphatic heterocycles. The minimum atomic E-state index is -1.71. The van der Waals surface area contributed by atoms with Crippen LogP contribution in [0.25, 0.3) is 11.0 Å². The van der Waals surface area contributed by atoms with Gasteiger partial charge in [-0.05, 0) is 36.8 Å². The first kappa shape index (κ1) is 20.2. The Kier molecular flexibility index (Phi) is 4.34. The highest BCUT2D eigenvalue weighted by Crippen LogP contribution is 2.48. The predicted octanol–water partition coefficient (Wildman–Crippen LogP) is 1.54. The van der Waals surface area contributed by atoms with Crippen molar-refractivity contribution >= 4 is 34.4 Å². The van der Waals surface area contributed by atoms with E-state index in [2.05, 4.69) is 0 Å². The number of anilines is 1. The van der Waals surface area contributed by atoms with Gasteiger partial charge >= 0.3 is 5.69 Å². The molecule has 32 heavy (non-hydrogen) atoms. The number of halogens is 1. The summed E-state index contributed by atoms with van der Waals surface area (Å²) >= 11 is 0. The van der Waals surface area contributed by atoms with Crippen LogP contribution in [0.15, 0.2) is 47.3 Å². The minimum Gasteiger partial charge on any atom is -0.311 e. The van der Waals surface area contributed by atoms with Crippen LogP contribution in [0.5, 0.6) is 0 Å². The minimum absolute atomic E-state index is 0.156. The maximum absolute atomic E-state index is 14.1. The van der Waals surface area contributed by atoms with Crippen LogP contribution >= 0.6 is 0 Å². The fourth-order valence-electron chi connectivity index (χ4n) is 4.93. The van der Waals surface area contributed by atoms with Gasteiger partial charge in [0.1, 0.15) is 5.82 Å². The van der Waals surface area contributed by atoms with Crippen LogP contribution in [0.1, 0.15) is 18.4 Å². The smallest absolute Gasteiger partial charge is 0.311 e. The van der Waals surface area contributed by atoms with Crippen molar-refractivity contribution in [3.8, 4) is 0 Å². The van der Waals surface area contributed by atoms with E-state index in [1.165, 1.54) is 30.1 Å². The van der Waals surface area contributed by atoms with E-state index in [9.17, 15) is 23.6 Å². The highest BCUT2D eigenvalue weighted by atomic mass is 19.1. The Labute approximate surface area is 182 Å². The molecule has 1 fully saturated rings. The van der Waals surface area contributed by atoms with Crippen LogP contribution in [0.4, 0.5) is 10.1 Å². The molecule has 0 aliphatic carbocycles. The second-order valence-corrected chi connectivity index (χ2v) is 8.29. The number of rotatable bonds is 4. The van der Waals surface area contributed by atoms with E-state index in [4.69, 9.17) is 0 Å². The van der Waals surface area contributed by atoms with Crippen molar-refractivity contribution in [3.63, 3.8) is 0 Å². The molecule has 2 aromatic carbocycles. The van der Waals surface area contributed by atoms with Gasteiger partial charge in [0.2, 0.25) is 17.7 Å². The largest absolute Gasteiger partial charge is 0.328 e. The van der Waals surface area contributed by atoms with Gasteiger partial charge in [-0.1, -0.05) is 12.1 Å². The van der Waals surface area contributed by atoms with Gasteiger partial charge in [-0.25, -0.2) is 9.18 Å². The van der Waals surface area contributed by atoms with E-state index in [1.54, 1.807) is 16.2 Å². The molecule has 9 heteroatoms. The molecule has 1 atom stereocenters. The van der Waals surface area contributed by atoms with Crippen molar-refractivity contribution in [1.82, 2.24) is 14.0 Å². The Morgan fingerprint density at radius 3 is 2.34 bits per heavy atom. The Balaban J connectivity index is 1.47. The monoisotopic (exact) mass is 436 g/mol. The summed E-state index contributed by atoms with van der Waals surface area (Å²) in [5.41, 5.74) is 0.402. The Bertz CT molecular complexity index is 1370. The van der Waals surface area contributed by atoms with Crippen LogP contribution in [0.2, 0.25) is 0 Å². The lowest BCUT2D eigenvalue weighted by atomic mass is 9.80. The Morgan fingerprint density at radius 2 is 1.66 bits per heavy atom. The third-order valence-electron chi connectivity index (χ3n) is 6.59. The average molecular weight is 436 g/mol. The number of para-hydroxylation sites is 2. The molecule has 2 aliphatic rings. The first-order valence-electron chi connectivity index (χ1n) is 10.3. The van der Waals surface area contributed by atoms with Crippen LogP contribution in [-0.2, 0) is 33.4 Å². The number of imidazole rings is 1. The summed E-state index contributed by atoms with van der Waals surface area (Å²) in [4.78, 5) is 53.7. The van der Waals surface area contributed by atoms with E-state index >= 15 is 0 Å². The number of likely N-dealkylation sites (tertiary alicyclic amines) is 1. The molecule has 8 nitrogen and oxygen atoms in total. The summed E-state index contributed by atoms with van der Waals surface area (Å²) in [6.07, 6.45) is 0.126. The summed E-state index contributed by atoms with van der Waals surface area (Å²) in [7, 11) is 3.04. The number of likely N-dealkylation sites (N-methyl/N-ethyl adjacent to an activating group) is 1. The molecule has 1 saturated heterocycles. The van der Waals surface area contributed by atoms with E-state index < -0.39 is 29.0 Å². The van der Waals surface area contributed by atoms with Crippen molar-refractivity contribution in [2.24, 2.45) is 7.05 Å². The van der Waals surface area contributed by atoms with E-state index in [1.807, 2.05) is 24.3 Å². The molecule has 3 heterocycles. The number of carbonyl (C=O) groups excluding carboxylic acids is 3. The molecule has 1 unspecified atom stereocenters. The quantitative estimate of drug-likeness (QED) is 0.459. The second-order valence-electron chi connectivity index (χ2n) is 8.29. The molecule has 1 spiro atoms.